The number of nitrogens with two attached hydrogens (primary N) is 1. The summed E-state index contributed by atoms with van der Waals surface area (Å²) in [6.45, 7) is 0.289. The van der Waals surface area contributed by atoms with Gasteiger partial charge >= 0.3 is 0 Å². The normalized spacial score (nSPS) is 10.3. The second kappa shape index (κ2) is 6.31. The maximum absolute atomic E-state index is 13.7. The Bertz CT molecular complexity index is 674. The van der Waals surface area contributed by atoms with Crippen molar-refractivity contribution in [3.63, 3.8) is 0 Å². The minimum absolute atomic E-state index is 0.289. The molecule has 0 saturated heterocycles. The lowest BCUT2D eigenvalue weighted by Crippen LogP contribution is -2.27. The highest BCUT2D eigenvalue weighted by molar-refractivity contribution is 7.07. The average molecular weight is 309 g/mol. The van der Waals surface area contributed by atoms with Crippen LogP contribution in [0, 0.1) is 15.9 Å². The van der Waals surface area contributed by atoms with E-state index in [4.69, 9.17) is 5.73 Å². The third kappa shape index (κ3) is 3.34. The van der Waals surface area contributed by atoms with Crippen molar-refractivity contribution in [1.29, 1.82) is 0 Å². The number of carbonyl (C=O) groups is 1. The quantitative estimate of drug-likeness (QED) is 0.503. The molecule has 0 radical (unpaired) electrons. The number of hydrogen-bond acceptors (Lipinski definition) is 5. The number of thiophene rings is 1. The summed E-state index contributed by atoms with van der Waals surface area (Å²) < 4.78 is 13.7. The summed E-state index contributed by atoms with van der Waals surface area (Å²) in [5.74, 6) is -1.64. The number of nitrogens with zero attached hydrogens (tertiary/aromatic N) is 1. The van der Waals surface area contributed by atoms with Crippen LogP contribution >= 0.6 is 11.3 Å². The summed E-state index contributed by atoms with van der Waals surface area (Å²) in [6.07, 6.45) is 0.589. The van der Waals surface area contributed by atoms with Crippen LogP contribution in [0.15, 0.2) is 29.0 Å². The van der Waals surface area contributed by atoms with Gasteiger partial charge in [0.15, 0.2) is 0 Å². The predicted molar refractivity (Wildman–Crippen MR) is 77.8 cm³/mol. The Kier molecular flexibility index (Phi) is 4.49. The Hall–Kier alpha value is -2.48. The fourth-order valence-corrected chi connectivity index (χ4v) is 2.52. The smallest absolute Gasteiger partial charge is 0.293 e. The van der Waals surface area contributed by atoms with Crippen LogP contribution < -0.4 is 11.1 Å². The lowest BCUT2D eigenvalue weighted by Gasteiger charge is -2.08. The van der Waals surface area contributed by atoms with E-state index in [0.717, 1.165) is 17.7 Å². The maximum Gasteiger partial charge on any atom is 0.293 e. The molecule has 1 aromatic heterocycles. The predicted octanol–water partition coefficient (Wildman–Crippen LogP) is 2.35. The van der Waals surface area contributed by atoms with E-state index in [1.165, 1.54) is 11.3 Å². The molecular weight excluding hydrogens is 297 g/mol. The van der Waals surface area contributed by atoms with Gasteiger partial charge in [-0.2, -0.15) is 11.3 Å². The number of nitro benzene ring substituents is 1. The lowest BCUT2D eigenvalue weighted by atomic mass is 10.1. The number of halogens is 1. The fourth-order valence-electron chi connectivity index (χ4n) is 1.82. The number of benzene rings is 1. The summed E-state index contributed by atoms with van der Waals surface area (Å²) >= 11 is 1.54. The molecule has 0 bridgehead atoms. The molecule has 2 aromatic rings. The van der Waals surface area contributed by atoms with Gasteiger partial charge in [0.2, 0.25) is 0 Å². The summed E-state index contributed by atoms with van der Waals surface area (Å²) in [6, 6.07) is 3.72. The van der Waals surface area contributed by atoms with Crippen molar-refractivity contribution >= 4 is 28.6 Å². The lowest BCUT2D eigenvalue weighted by molar-refractivity contribution is -0.384. The Morgan fingerprint density at radius 3 is 2.81 bits per heavy atom. The Balaban J connectivity index is 2.11. The summed E-state index contributed by atoms with van der Waals surface area (Å²) in [5, 5.41) is 17.1. The first kappa shape index (κ1) is 14.9. The van der Waals surface area contributed by atoms with Crippen LogP contribution in [0.5, 0.6) is 0 Å². The van der Waals surface area contributed by atoms with Gasteiger partial charge in [0.1, 0.15) is 17.1 Å². The van der Waals surface area contributed by atoms with Gasteiger partial charge in [-0.05, 0) is 34.9 Å². The molecule has 3 N–H and O–H groups in total. The third-order valence-corrected chi connectivity index (χ3v) is 3.61. The number of hydrogen-bond donors (Lipinski definition) is 2. The standard InChI is InChI=1S/C13H12FN3O3S/c14-9-1-2-10(17(19)20)12(15)11(9)13(18)16-5-3-8-4-6-21-7-8/h1-2,4,6-7H,3,5,15H2,(H,16,18). The zero-order valence-electron chi connectivity index (χ0n) is 10.8. The molecule has 6 nitrogen and oxygen atoms in total. The minimum Gasteiger partial charge on any atom is -0.392 e. The van der Waals surface area contributed by atoms with Crippen molar-refractivity contribution < 1.29 is 14.1 Å². The molecule has 21 heavy (non-hydrogen) atoms. The molecule has 0 fully saturated rings. The zero-order chi connectivity index (χ0) is 15.4. The molecule has 0 atom stereocenters. The fraction of sp³-hybridized carbons (Fsp3) is 0.154. The highest BCUT2D eigenvalue weighted by atomic mass is 32.1. The van der Waals surface area contributed by atoms with Crippen molar-refractivity contribution in [1.82, 2.24) is 5.32 Å². The Morgan fingerprint density at radius 1 is 1.43 bits per heavy atom. The number of rotatable bonds is 5. The van der Waals surface area contributed by atoms with Crippen molar-refractivity contribution in [2.75, 3.05) is 12.3 Å². The van der Waals surface area contributed by atoms with E-state index in [1.54, 1.807) is 0 Å². The SMILES string of the molecule is Nc1c([N+](=O)[O-])ccc(F)c1C(=O)NCCc1ccsc1. The first-order chi connectivity index (χ1) is 10.0. The average Bonchev–Trinajstić information content (AvgIpc) is 2.91. The van der Waals surface area contributed by atoms with Gasteiger partial charge in [0, 0.05) is 12.6 Å². The van der Waals surface area contributed by atoms with Crippen molar-refractivity contribution in [3.05, 3.63) is 56.0 Å². The van der Waals surface area contributed by atoms with Crippen LogP contribution in [-0.2, 0) is 6.42 Å². The van der Waals surface area contributed by atoms with Crippen LogP contribution in [0.25, 0.3) is 0 Å². The van der Waals surface area contributed by atoms with Crippen LogP contribution in [0.1, 0.15) is 15.9 Å². The first-order valence-corrected chi connectivity index (χ1v) is 6.96. The summed E-state index contributed by atoms with van der Waals surface area (Å²) in [5.41, 5.74) is 5.12. The van der Waals surface area contributed by atoms with Crippen LogP contribution in [0.2, 0.25) is 0 Å². The molecule has 0 unspecified atom stereocenters. The minimum atomic E-state index is -0.883. The Labute approximate surface area is 123 Å². The van der Waals surface area contributed by atoms with Gasteiger partial charge in [0.05, 0.1) is 4.92 Å². The topological polar surface area (TPSA) is 98.3 Å². The van der Waals surface area contributed by atoms with E-state index in [1.807, 2.05) is 16.8 Å². The first-order valence-electron chi connectivity index (χ1n) is 6.02. The number of nitrogens with one attached hydrogen (secondary N) is 1. The molecule has 0 spiro atoms. The molecule has 2 rings (SSSR count). The van der Waals surface area contributed by atoms with Crippen LogP contribution in [0.3, 0.4) is 0 Å². The molecule has 0 aliphatic carbocycles. The van der Waals surface area contributed by atoms with Gasteiger partial charge in [-0.25, -0.2) is 4.39 Å². The van der Waals surface area contributed by atoms with Gasteiger partial charge in [-0.1, -0.05) is 0 Å². The van der Waals surface area contributed by atoms with E-state index < -0.39 is 33.6 Å². The monoisotopic (exact) mass is 309 g/mol. The molecule has 1 heterocycles. The highest BCUT2D eigenvalue weighted by Gasteiger charge is 2.23. The van der Waals surface area contributed by atoms with Gasteiger partial charge in [-0.3, -0.25) is 14.9 Å². The molecule has 8 heteroatoms. The molecule has 1 amide bonds. The molecule has 0 saturated carbocycles. The zero-order valence-corrected chi connectivity index (χ0v) is 11.7. The highest BCUT2D eigenvalue weighted by Crippen LogP contribution is 2.27. The van der Waals surface area contributed by atoms with Crippen molar-refractivity contribution in [3.8, 4) is 0 Å². The van der Waals surface area contributed by atoms with Gasteiger partial charge < -0.3 is 11.1 Å². The molecule has 0 aliphatic rings. The van der Waals surface area contributed by atoms with Gasteiger partial charge in [-0.15, -0.1) is 0 Å². The second-order valence-corrected chi connectivity index (χ2v) is 5.03. The largest absolute Gasteiger partial charge is 0.392 e. The van der Waals surface area contributed by atoms with E-state index in [-0.39, 0.29) is 6.54 Å². The summed E-state index contributed by atoms with van der Waals surface area (Å²) in [7, 11) is 0. The number of nitro groups is 1. The van der Waals surface area contributed by atoms with Crippen LogP contribution in [0.4, 0.5) is 15.8 Å². The molecular formula is C13H12FN3O3S. The summed E-state index contributed by atoms with van der Waals surface area (Å²) in [4.78, 5) is 21.9. The van der Waals surface area contributed by atoms with Crippen LogP contribution in [-0.4, -0.2) is 17.4 Å². The number of nitrogen functional groups attached to an aromatic ring is 1. The Morgan fingerprint density at radius 2 is 2.19 bits per heavy atom. The third-order valence-electron chi connectivity index (χ3n) is 2.87. The van der Waals surface area contributed by atoms with E-state index in [9.17, 15) is 19.3 Å². The number of carbonyl (C=O) groups excluding carboxylic acids is 1. The van der Waals surface area contributed by atoms with E-state index >= 15 is 0 Å². The number of anilines is 1. The number of amides is 1. The van der Waals surface area contributed by atoms with E-state index in [2.05, 4.69) is 5.32 Å². The van der Waals surface area contributed by atoms with Crippen molar-refractivity contribution in [2.45, 2.75) is 6.42 Å². The molecule has 1 aromatic carbocycles. The van der Waals surface area contributed by atoms with Gasteiger partial charge in [0.25, 0.3) is 11.6 Å². The van der Waals surface area contributed by atoms with Crippen molar-refractivity contribution in [2.24, 2.45) is 0 Å². The maximum atomic E-state index is 13.7. The van der Waals surface area contributed by atoms with E-state index in [0.29, 0.717) is 6.42 Å². The molecule has 0 aliphatic heterocycles. The molecule has 110 valence electrons. The second-order valence-electron chi connectivity index (χ2n) is 4.25.